The molecule has 0 atom stereocenters. The molecular weight excluding hydrogens is 296 g/mol. The van der Waals surface area contributed by atoms with Gasteiger partial charge < -0.3 is 14.3 Å². The number of carboxylic acids is 1. The van der Waals surface area contributed by atoms with E-state index in [9.17, 15) is 4.79 Å². The Morgan fingerprint density at radius 3 is 2.67 bits per heavy atom. The molecule has 0 amide bonds. The van der Waals surface area contributed by atoms with Gasteiger partial charge >= 0.3 is 5.97 Å². The standard InChI is InChI=1S/C14H15ClN2O4/c1-14(2,3)13-17-16-11(21-13)7-20-8-4-5-10(15)9(6-8)12(18)19/h4-6H,7H2,1-3H3,(H,18,19). The molecule has 6 nitrogen and oxygen atoms in total. The third-order valence-electron chi connectivity index (χ3n) is 2.64. The lowest BCUT2D eigenvalue weighted by atomic mass is 9.97. The van der Waals surface area contributed by atoms with E-state index in [1.54, 1.807) is 6.07 Å². The van der Waals surface area contributed by atoms with Crippen LogP contribution in [-0.2, 0) is 12.0 Å². The molecule has 0 fully saturated rings. The van der Waals surface area contributed by atoms with Gasteiger partial charge in [-0.05, 0) is 18.2 Å². The molecule has 1 heterocycles. The lowest BCUT2D eigenvalue weighted by Crippen LogP contribution is -2.11. The second kappa shape index (κ2) is 5.73. The fourth-order valence-electron chi connectivity index (χ4n) is 1.52. The maximum atomic E-state index is 11.0. The number of hydrogen-bond donors (Lipinski definition) is 1. The molecule has 2 rings (SSSR count). The zero-order chi connectivity index (χ0) is 15.6. The molecule has 112 valence electrons. The van der Waals surface area contributed by atoms with Gasteiger partial charge in [-0.3, -0.25) is 0 Å². The van der Waals surface area contributed by atoms with Crippen molar-refractivity contribution in [2.24, 2.45) is 0 Å². The average molecular weight is 311 g/mol. The van der Waals surface area contributed by atoms with E-state index in [4.69, 9.17) is 25.9 Å². The van der Waals surface area contributed by atoms with Crippen LogP contribution in [0.25, 0.3) is 0 Å². The van der Waals surface area contributed by atoms with Crippen LogP contribution in [0.1, 0.15) is 42.9 Å². The lowest BCUT2D eigenvalue weighted by Gasteiger charge is -2.11. The van der Waals surface area contributed by atoms with Crippen LogP contribution in [-0.4, -0.2) is 21.3 Å². The fraction of sp³-hybridized carbons (Fsp3) is 0.357. The molecule has 0 spiro atoms. The summed E-state index contributed by atoms with van der Waals surface area (Å²) < 4.78 is 10.9. The predicted molar refractivity (Wildman–Crippen MR) is 75.7 cm³/mol. The highest BCUT2D eigenvalue weighted by Gasteiger charge is 2.21. The van der Waals surface area contributed by atoms with Gasteiger partial charge in [-0.1, -0.05) is 32.4 Å². The van der Waals surface area contributed by atoms with Crippen molar-refractivity contribution >= 4 is 17.6 Å². The van der Waals surface area contributed by atoms with E-state index in [1.807, 2.05) is 20.8 Å². The Balaban J connectivity index is 2.08. The number of benzene rings is 1. The van der Waals surface area contributed by atoms with Gasteiger partial charge in [0.2, 0.25) is 5.89 Å². The van der Waals surface area contributed by atoms with Crippen molar-refractivity contribution in [2.75, 3.05) is 0 Å². The molecule has 0 saturated carbocycles. The van der Waals surface area contributed by atoms with E-state index in [0.29, 0.717) is 17.5 Å². The third-order valence-corrected chi connectivity index (χ3v) is 2.97. The second-order valence-corrected chi connectivity index (χ2v) is 5.89. The van der Waals surface area contributed by atoms with Gasteiger partial charge in [0.15, 0.2) is 6.61 Å². The van der Waals surface area contributed by atoms with E-state index in [-0.39, 0.29) is 22.6 Å². The molecule has 0 aliphatic heterocycles. The van der Waals surface area contributed by atoms with Crippen LogP contribution in [0.3, 0.4) is 0 Å². The number of hydrogen-bond acceptors (Lipinski definition) is 5. The van der Waals surface area contributed by atoms with Gasteiger partial charge in [0.25, 0.3) is 5.89 Å². The Morgan fingerprint density at radius 2 is 2.10 bits per heavy atom. The van der Waals surface area contributed by atoms with Crippen LogP contribution in [0, 0.1) is 0 Å². The summed E-state index contributed by atoms with van der Waals surface area (Å²) in [6.07, 6.45) is 0. The molecule has 0 bridgehead atoms. The van der Waals surface area contributed by atoms with Crippen molar-refractivity contribution < 1.29 is 19.1 Å². The maximum absolute atomic E-state index is 11.0. The minimum atomic E-state index is -1.11. The molecule has 7 heteroatoms. The Kier molecular flexibility index (Phi) is 4.18. The molecule has 0 saturated heterocycles. The number of aromatic carboxylic acids is 1. The highest BCUT2D eigenvalue weighted by molar-refractivity contribution is 6.33. The normalized spacial score (nSPS) is 11.4. The topological polar surface area (TPSA) is 85.5 Å². The first-order valence-electron chi connectivity index (χ1n) is 6.26. The molecule has 1 aromatic carbocycles. The summed E-state index contributed by atoms with van der Waals surface area (Å²) in [5, 5.41) is 17.0. The van der Waals surface area contributed by atoms with Crippen molar-refractivity contribution in [2.45, 2.75) is 32.8 Å². The Labute approximate surface area is 126 Å². The van der Waals surface area contributed by atoms with Gasteiger partial charge in [0.1, 0.15) is 5.75 Å². The third kappa shape index (κ3) is 3.72. The summed E-state index contributed by atoms with van der Waals surface area (Å²) in [6.45, 7) is 5.94. The first-order valence-corrected chi connectivity index (χ1v) is 6.63. The maximum Gasteiger partial charge on any atom is 0.337 e. The quantitative estimate of drug-likeness (QED) is 0.932. The van der Waals surface area contributed by atoms with Crippen LogP contribution in [0.15, 0.2) is 22.6 Å². The van der Waals surface area contributed by atoms with E-state index in [0.717, 1.165) is 0 Å². The number of aromatic nitrogens is 2. The number of nitrogens with zero attached hydrogens (tertiary/aromatic N) is 2. The number of carboxylic acid groups (broad SMARTS) is 1. The summed E-state index contributed by atoms with van der Waals surface area (Å²) in [5.41, 5.74) is -0.253. The van der Waals surface area contributed by atoms with Crippen molar-refractivity contribution in [1.29, 1.82) is 0 Å². The molecule has 2 aromatic rings. The SMILES string of the molecule is CC(C)(C)c1nnc(COc2ccc(Cl)c(C(=O)O)c2)o1. The average Bonchev–Trinajstić information content (AvgIpc) is 2.86. The second-order valence-electron chi connectivity index (χ2n) is 5.49. The minimum absolute atomic E-state index is 0.0184. The van der Waals surface area contributed by atoms with Crippen molar-refractivity contribution in [3.63, 3.8) is 0 Å². The Morgan fingerprint density at radius 1 is 1.38 bits per heavy atom. The van der Waals surface area contributed by atoms with E-state index >= 15 is 0 Å². The summed E-state index contributed by atoms with van der Waals surface area (Å²) in [6, 6.07) is 4.40. The van der Waals surface area contributed by atoms with E-state index < -0.39 is 5.97 Å². The molecule has 21 heavy (non-hydrogen) atoms. The summed E-state index contributed by atoms with van der Waals surface area (Å²) in [5.74, 6) is 0.0979. The van der Waals surface area contributed by atoms with Gasteiger partial charge in [0.05, 0.1) is 10.6 Å². The predicted octanol–water partition coefficient (Wildman–Crippen LogP) is 3.30. The summed E-state index contributed by atoms with van der Waals surface area (Å²) >= 11 is 5.78. The first kappa shape index (κ1) is 15.3. The monoisotopic (exact) mass is 310 g/mol. The van der Waals surface area contributed by atoms with E-state index in [2.05, 4.69) is 10.2 Å². The Hall–Kier alpha value is -2.08. The number of halogens is 1. The number of carbonyl (C=O) groups is 1. The zero-order valence-electron chi connectivity index (χ0n) is 11.9. The van der Waals surface area contributed by atoms with Crippen LogP contribution >= 0.6 is 11.6 Å². The number of ether oxygens (including phenoxy) is 1. The first-order chi connectivity index (χ1) is 9.77. The largest absolute Gasteiger partial charge is 0.484 e. The fourth-order valence-corrected chi connectivity index (χ4v) is 1.72. The van der Waals surface area contributed by atoms with Crippen LogP contribution < -0.4 is 4.74 Å². The van der Waals surface area contributed by atoms with Gasteiger partial charge in [-0.15, -0.1) is 10.2 Å². The summed E-state index contributed by atoms with van der Waals surface area (Å²) in [7, 11) is 0. The molecule has 1 aromatic heterocycles. The highest BCUT2D eigenvalue weighted by atomic mass is 35.5. The van der Waals surface area contributed by atoms with Crippen LogP contribution in [0.2, 0.25) is 5.02 Å². The summed E-state index contributed by atoms with van der Waals surface area (Å²) in [4.78, 5) is 11.0. The highest BCUT2D eigenvalue weighted by Crippen LogP contribution is 2.24. The van der Waals surface area contributed by atoms with Crippen molar-refractivity contribution in [3.05, 3.63) is 40.6 Å². The lowest BCUT2D eigenvalue weighted by molar-refractivity contribution is 0.0696. The zero-order valence-corrected chi connectivity index (χ0v) is 12.6. The molecule has 0 aliphatic rings. The smallest absolute Gasteiger partial charge is 0.337 e. The Bertz CT molecular complexity index is 661. The molecule has 0 unspecified atom stereocenters. The molecule has 0 aliphatic carbocycles. The molecule has 0 radical (unpaired) electrons. The van der Waals surface area contributed by atoms with E-state index in [1.165, 1.54) is 12.1 Å². The number of rotatable bonds is 4. The van der Waals surface area contributed by atoms with Crippen LogP contribution in [0.4, 0.5) is 0 Å². The molecular formula is C14H15ClN2O4. The van der Waals surface area contributed by atoms with Gasteiger partial charge in [-0.25, -0.2) is 4.79 Å². The molecule has 1 N–H and O–H groups in total. The minimum Gasteiger partial charge on any atom is -0.484 e. The van der Waals surface area contributed by atoms with Crippen molar-refractivity contribution in [1.82, 2.24) is 10.2 Å². The van der Waals surface area contributed by atoms with Crippen LogP contribution in [0.5, 0.6) is 5.75 Å². The van der Waals surface area contributed by atoms with Gasteiger partial charge in [-0.2, -0.15) is 0 Å². The van der Waals surface area contributed by atoms with Gasteiger partial charge in [0, 0.05) is 5.41 Å². The van der Waals surface area contributed by atoms with Crippen molar-refractivity contribution in [3.8, 4) is 5.75 Å².